The summed E-state index contributed by atoms with van der Waals surface area (Å²) in [6.45, 7) is 8.04. The number of ether oxygens (including phenoxy) is 1. The van der Waals surface area contributed by atoms with Gasteiger partial charge in [0.2, 0.25) is 5.91 Å². The lowest BCUT2D eigenvalue weighted by atomic mass is 10.1. The van der Waals surface area contributed by atoms with Crippen LogP contribution >= 0.6 is 11.6 Å². The van der Waals surface area contributed by atoms with E-state index in [0.717, 1.165) is 17.9 Å². The summed E-state index contributed by atoms with van der Waals surface area (Å²) in [6.07, 6.45) is 0. The van der Waals surface area contributed by atoms with Gasteiger partial charge in [-0.05, 0) is 37.6 Å². The van der Waals surface area contributed by atoms with E-state index < -0.39 is 5.38 Å². The highest BCUT2D eigenvalue weighted by atomic mass is 35.5. The van der Waals surface area contributed by atoms with Crippen molar-refractivity contribution < 1.29 is 9.53 Å². The Labute approximate surface area is 138 Å². The number of methoxy groups -OCH3 is 1. The maximum atomic E-state index is 12.2. The molecule has 1 aromatic rings. The highest BCUT2D eigenvalue weighted by Crippen LogP contribution is 2.23. The summed E-state index contributed by atoms with van der Waals surface area (Å²) in [5.41, 5.74) is 0.767. The average Bonchev–Trinajstić information content (AvgIpc) is 2.50. The molecular formula is C17H27ClN2O2. The first-order valence-electron chi connectivity index (χ1n) is 7.61. The summed E-state index contributed by atoms with van der Waals surface area (Å²) in [6, 6.07) is 7.49. The van der Waals surface area contributed by atoms with Crippen molar-refractivity contribution >= 4 is 17.5 Å². The Bertz CT molecular complexity index is 462. The third kappa shape index (κ3) is 5.85. The molecule has 1 N–H and O–H groups in total. The highest BCUT2D eigenvalue weighted by Gasteiger charge is 2.19. The Hall–Kier alpha value is -1.26. The van der Waals surface area contributed by atoms with Crippen molar-refractivity contribution in [3.8, 4) is 5.75 Å². The molecule has 0 aliphatic rings. The second-order valence-corrected chi connectivity index (χ2v) is 6.50. The first-order chi connectivity index (χ1) is 10.3. The van der Waals surface area contributed by atoms with Gasteiger partial charge >= 0.3 is 0 Å². The number of carbonyl (C=O) groups excluding carboxylic acids is 1. The van der Waals surface area contributed by atoms with Gasteiger partial charge in [-0.3, -0.25) is 4.79 Å². The van der Waals surface area contributed by atoms with E-state index >= 15 is 0 Å². The molecule has 0 fully saturated rings. The normalized spacial score (nSPS) is 14.0. The van der Waals surface area contributed by atoms with Crippen molar-refractivity contribution in [2.45, 2.75) is 32.2 Å². The van der Waals surface area contributed by atoms with Gasteiger partial charge in [0.15, 0.2) is 0 Å². The van der Waals surface area contributed by atoms with Gasteiger partial charge in [-0.25, -0.2) is 0 Å². The lowest BCUT2D eigenvalue weighted by Crippen LogP contribution is -2.42. The largest absolute Gasteiger partial charge is 0.497 e. The standard InChI is InChI=1S/C17H27ClN2O2/c1-12(2)11-20(4)13(3)10-19-17(21)16(18)14-6-8-15(22-5)9-7-14/h6-9,12-13,16H,10-11H2,1-5H3,(H,19,21). The molecule has 5 heteroatoms. The Morgan fingerprint density at radius 1 is 1.27 bits per heavy atom. The number of carbonyl (C=O) groups is 1. The number of hydrogen-bond donors (Lipinski definition) is 1. The van der Waals surface area contributed by atoms with Crippen LogP contribution in [0.4, 0.5) is 0 Å². The van der Waals surface area contributed by atoms with Gasteiger partial charge in [0.25, 0.3) is 0 Å². The average molecular weight is 327 g/mol. The number of rotatable bonds is 8. The van der Waals surface area contributed by atoms with E-state index in [-0.39, 0.29) is 11.9 Å². The molecule has 4 nitrogen and oxygen atoms in total. The Balaban J connectivity index is 2.49. The van der Waals surface area contributed by atoms with Gasteiger partial charge in [0, 0.05) is 19.1 Å². The quantitative estimate of drug-likeness (QED) is 0.746. The number of hydrogen-bond acceptors (Lipinski definition) is 3. The highest BCUT2D eigenvalue weighted by molar-refractivity contribution is 6.30. The van der Waals surface area contributed by atoms with E-state index in [1.54, 1.807) is 19.2 Å². The lowest BCUT2D eigenvalue weighted by Gasteiger charge is -2.26. The zero-order valence-electron chi connectivity index (χ0n) is 14.1. The van der Waals surface area contributed by atoms with Gasteiger partial charge in [-0.2, -0.15) is 0 Å². The van der Waals surface area contributed by atoms with Gasteiger partial charge in [-0.15, -0.1) is 11.6 Å². The molecule has 0 bridgehead atoms. The Morgan fingerprint density at radius 2 is 1.86 bits per heavy atom. The zero-order valence-corrected chi connectivity index (χ0v) is 14.9. The summed E-state index contributed by atoms with van der Waals surface area (Å²) in [5.74, 6) is 1.18. The van der Waals surface area contributed by atoms with E-state index in [1.807, 2.05) is 12.1 Å². The molecule has 22 heavy (non-hydrogen) atoms. The second-order valence-electron chi connectivity index (χ2n) is 6.06. The molecule has 0 radical (unpaired) electrons. The van der Waals surface area contributed by atoms with Crippen molar-refractivity contribution in [2.75, 3.05) is 27.2 Å². The SMILES string of the molecule is COc1ccc(C(Cl)C(=O)NCC(C)N(C)CC(C)C)cc1. The molecule has 0 saturated carbocycles. The second kappa shape index (κ2) is 9.01. The molecule has 0 heterocycles. The molecule has 2 unspecified atom stereocenters. The molecule has 124 valence electrons. The number of nitrogens with zero attached hydrogens (tertiary/aromatic N) is 1. The van der Waals surface area contributed by atoms with Crippen LogP contribution in [0, 0.1) is 5.92 Å². The van der Waals surface area contributed by atoms with Crippen LogP contribution in [0.2, 0.25) is 0 Å². The summed E-state index contributed by atoms with van der Waals surface area (Å²) >= 11 is 6.23. The van der Waals surface area contributed by atoms with Crippen LogP contribution in [0.1, 0.15) is 31.7 Å². The number of nitrogens with one attached hydrogen (secondary N) is 1. The fourth-order valence-electron chi connectivity index (χ4n) is 2.17. The number of alkyl halides is 1. The first-order valence-corrected chi connectivity index (χ1v) is 8.04. The van der Waals surface area contributed by atoms with Crippen LogP contribution < -0.4 is 10.1 Å². The van der Waals surface area contributed by atoms with Crippen molar-refractivity contribution in [2.24, 2.45) is 5.92 Å². The topological polar surface area (TPSA) is 41.6 Å². The predicted molar refractivity (Wildman–Crippen MR) is 91.5 cm³/mol. The fraction of sp³-hybridized carbons (Fsp3) is 0.588. The van der Waals surface area contributed by atoms with Crippen molar-refractivity contribution in [3.05, 3.63) is 29.8 Å². The molecular weight excluding hydrogens is 300 g/mol. The molecule has 2 atom stereocenters. The minimum Gasteiger partial charge on any atom is -0.497 e. The summed E-state index contributed by atoms with van der Waals surface area (Å²) in [5, 5.41) is 2.23. The smallest absolute Gasteiger partial charge is 0.242 e. The molecule has 1 rings (SSSR count). The van der Waals surface area contributed by atoms with Crippen LogP contribution in [-0.4, -0.2) is 44.1 Å². The third-order valence-electron chi connectivity index (χ3n) is 3.62. The van der Waals surface area contributed by atoms with E-state index in [0.29, 0.717) is 12.5 Å². The number of halogens is 1. The summed E-state index contributed by atoms with van der Waals surface area (Å²) < 4.78 is 5.10. The van der Waals surface area contributed by atoms with Gasteiger partial charge in [-0.1, -0.05) is 26.0 Å². The molecule has 1 amide bonds. The van der Waals surface area contributed by atoms with Crippen LogP contribution in [0.3, 0.4) is 0 Å². The summed E-state index contributed by atoms with van der Waals surface area (Å²) in [4.78, 5) is 14.4. The predicted octanol–water partition coefficient (Wildman–Crippen LogP) is 3.07. The zero-order chi connectivity index (χ0) is 16.7. The van der Waals surface area contributed by atoms with E-state index in [9.17, 15) is 4.79 Å². The van der Waals surface area contributed by atoms with Gasteiger partial charge in [0.05, 0.1) is 7.11 Å². The van der Waals surface area contributed by atoms with Crippen LogP contribution in [0.25, 0.3) is 0 Å². The molecule has 1 aromatic carbocycles. The number of amides is 1. The lowest BCUT2D eigenvalue weighted by molar-refractivity contribution is -0.121. The third-order valence-corrected chi connectivity index (χ3v) is 4.07. The maximum Gasteiger partial charge on any atom is 0.242 e. The Kier molecular flexibility index (Phi) is 7.69. The summed E-state index contributed by atoms with van der Waals surface area (Å²) in [7, 11) is 3.67. The minimum atomic E-state index is -0.687. The van der Waals surface area contributed by atoms with Gasteiger partial charge < -0.3 is 15.0 Å². The molecule has 0 saturated heterocycles. The van der Waals surface area contributed by atoms with E-state index in [1.165, 1.54) is 0 Å². The number of benzene rings is 1. The fourth-order valence-corrected chi connectivity index (χ4v) is 2.40. The molecule has 0 aliphatic heterocycles. The van der Waals surface area contributed by atoms with Crippen molar-refractivity contribution in [1.29, 1.82) is 0 Å². The Morgan fingerprint density at radius 3 is 2.36 bits per heavy atom. The maximum absolute atomic E-state index is 12.2. The van der Waals surface area contributed by atoms with Gasteiger partial charge in [0.1, 0.15) is 11.1 Å². The van der Waals surface area contributed by atoms with Crippen LogP contribution in [0.15, 0.2) is 24.3 Å². The van der Waals surface area contributed by atoms with E-state index in [2.05, 4.69) is 38.0 Å². The molecule has 0 aromatic heterocycles. The van der Waals surface area contributed by atoms with Crippen LogP contribution in [0.5, 0.6) is 5.75 Å². The molecule has 0 aliphatic carbocycles. The van der Waals surface area contributed by atoms with Crippen molar-refractivity contribution in [3.63, 3.8) is 0 Å². The monoisotopic (exact) mass is 326 g/mol. The minimum absolute atomic E-state index is 0.170. The first kappa shape index (κ1) is 18.8. The van der Waals surface area contributed by atoms with Crippen LogP contribution in [-0.2, 0) is 4.79 Å². The molecule has 0 spiro atoms. The van der Waals surface area contributed by atoms with E-state index in [4.69, 9.17) is 16.3 Å². The number of likely N-dealkylation sites (N-methyl/N-ethyl adjacent to an activating group) is 1. The van der Waals surface area contributed by atoms with Crippen molar-refractivity contribution in [1.82, 2.24) is 10.2 Å².